The first-order valence-corrected chi connectivity index (χ1v) is 7.13. The highest BCUT2D eigenvalue weighted by atomic mass is 32.1. The number of hydrogen-bond acceptors (Lipinski definition) is 3. The van der Waals surface area contributed by atoms with E-state index in [1.807, 2.05) is 11.8 Å². The molecule has 1 aliphatic rings. The summed E-state index contributed by atoms with van der Waals surface area (Å²) in [6.45, 7) is 5.59. The molecule has 0 amide bonds. The Morgan fingerprint density at radius 3 is 2.43 bits per heavy atom. The number of alkyl halides is 3. The first-order valence-electron chi connectivity index (χ1n) is 6.73. The fraction of sp³-hybridized carbons (Fsp3) is 0.538. The number of rotatable bonds is 2. The maximum Gasteiger partial charge on any atom is 0.417 e. The highest BCUT2D eigenvalue weighted by Crippen LogP contribution is 2.29. The van der Waals surface area contributed by atoms with Crippen LogP contribution in [0.25, 0.3) is 0 Å². The molecule has 1 aliphatic heterocycles. The Labute approximate surface area is 126 Å². The quantitative estimate of drug-likeness (QED) is 0.844. The minimum atomic E-state index is -4.35. The Bertz CT molecular complexity index is 481. The van der Waals surface area contributed by atoms with E-state index in [0.717, 1.165) is 37.0 Å². The number of halogens is 3. The van der Waals surface area contributed by atoms with Crippen LogP contribution in [0.15, 0.2) is 18.3 Å². The van der Waals surface area contributed by atoms with Crippen LogP contribution in [0.1, 0.15) is 12.5 Å². The molecular weight excluding hydrogens is 301 g/mol. The second kappa shape index (κ2) is 6.46. The fourth-order valence-corrected chi connectivity index (χ4v) is 2.47. The Morgan fingerprint density at radius 2 is 1.95 bits per heavy atom. The first kappa shape index (κ1) is 15.8. The van der Waals surface area contributed by atoms with Gasteiger partial charge < -0.3 is 15.1 Å². The van der Waals surface area contributed by atoms with Crippen LogP contribution < -0.4 is 10.2 Å². The first-order chi connectivity index (χ1) is 9.91. The van der Waals surface area contributed by atoms with Crippen molar-refractivity contribution >= 4 is 23.1 Å². The van der Waals surface area contributed by atoms with Crippen molar-refractivity contribution in [3.63, 3.8) is 0 Å². The number of pyridine rings is 1. The van der Waals surface area contributed by atoms with E-state index in [-0.39, 0.29) is 0 Å². The van der Waals surface area contributed by atoms with Crippen LogP contribution >= 0.6 is 12.2 Å². The number of nitrogens with one attached hydrogen (secondary N) is 1. The fourth-order valence-electron chi connectivity index (χ4n) is 2.14. The largest absolute Gasteiger partial charge is 0.417 e. The van der Waals surface area contributed by atoms with Crippen LogP contribution in [0, 0.1) is 0 Å². The molecule has 4 nitrogen and oxygen atoms in total. The van der Waals surface area contributed by atoms with Crippen molar-refractivity contribution in [3.05, 3.63) is 23.9 Å². The molecule has 1 aromatic rings. The lowest BCUT2D eigenvalue weighted by molar-refractivity contribution is -0.137. The molecule has 2 heterocycles. The van der Waals surface area contributed by atoms with Gasteiger partial charge in [0.25, 0.3) is 0 Å². The number of hydrogen-bond donors (Lipinski definition) is 1. The Morgan fingerprint density at radius 1 is 1.29 bits per heavy atom. The minimum Gasteiger partial charge on any atom is -0.363 e. The van der Waals surface area contributed by atoms with Crippen molar-refractivity contribution in [1.82, 2.24) is 15.2 Å². The lowest BCUT2D eigenvalue weighted by atomic mass is 10.2. The van der Waals surface area contributed by atoms with Gasteiger partial charge >= 0.3 is 6.18 Å². The van der Waals surface area contributed by atoms with Gasteiger partial charge in [0.1, 0.15) is 5.82 Å². The molecule has 0 unspecified atom stereocenters. The third kappa shape index (κ3) is 3.96. The van der Waals surface area contributed by atoms with Gasteiger partial charge in [0.05, 0.1) is 5.56 Å². The molecule has 1 saturated heterocycles. The lowest BCUT2D eigenvalue weighted by Crippen LogP contribution is -2.51. The van der Waals surface area contributed by atoms with E-state index in [1.54, 1.807) is 0 Å². The number of nitrogens with zero attached hydrogens (tertiary/aromatic N) is 3. The maximum atomic E-state index is 12.5. The molecule has 0 spiro atoms. The minimum absolute atomic E-state index is 0.567. The van der Waals surface area contributed by atoms with Crippen molar-refractivity contribution in [3.8, 4) is 0 Å². The summed E-state index contributed by atoms with van der Waals surface area (Å²) in [6, 6.07) is 2.49. The summed E-state index contributed by atoms with van der Waals surface area (Å²) >= 11 is 5.24. The number of aromatic nitrogens is 1. The van der Waals surface area contributed by atoms with Crippen molar-refractivity contribution in [2.24, 2.45) is 0 Å². The van der Waals surface area contributed by atoms with E-state index in [1.165, 1.54) is 6.07 Å². The third-order valence-corrected chi connectivity index (χ3v) is 3.70. The molecule has 1 fully saturated rings. The number of thiocarbonyl (C=S) groups is 1. The van der Waals surface area contributed by atoms with Crippen LogP contribution in [0.3, 0.4) is 0 Å². The van der Waals surface area contributed by atoms with Crippen LogP contribution in [-0.4, -0.2) is 47.7 Å². The summed E-state index contributed by atoms with van der Waals surface area (Å²) in [5.41, 5.74) is -0.724. The van der Waals surface area contributed by atoms with Gasteiger partial charge in [-0.3, -0.25) is 0 Å². The molecule has 116 valence electrons. The molecular formula is C13H17F3N4S. The van der Waals surface area contributed by atoms with Gasteiger partial charge in [-0.05, 0) is 31.3 Å². The second-order valence-corrected chi connectivity index (χ2v) is 5.10. The standard InChI is InChI=1S/C13H17F3N4S/c1-2-17-12(21)20-7-5-19(6-8-20)11-4-3-10(9-18-11)13(14,15)16/h3-4,9H,2,5-8H2,1H3,(H,17,21). The summed E-state index contributed by atoms with van der Waals surface area (Å²) < 4.78 is 37.5. The Balaban J connectivity index is 1.95. The molecule has 8 heteroatoms. The normalized spacial score (nSPS) is 16.0. The molecule has 0 bridgehead atoms. The zero-order chi connectivity index (χ0) is 15.5. The molecule has 0 aromatic carbocycles. The van der Waals surface area contributed by atoms with Crippen molar-refractivity contribution < 1.29 is 13.2 Å². The average molecular weight is 318 g/mol. The van der Waals surface area contributed by atoms with Crippen LogP contribution in [0.4, 0.5) is 19.0 Å². The topological polar surface area (TPSA) is 31.4 Å². The van der Waals surface area contributed by atoms with Crippen molar-refractivity contribution in [2.75, 3.05) is 37.6 Å². The average Bonchev–Trinajstić information content (AvgIpc) is 2.47. The summed E-state index contributed by atoms with van der Waals surface area (Å²) in [6.07, 6.45) is -3.47. The van der Waals surface area contributed by atoms with Gasteiger partial charge in [-0.25, -0.2) is 4.98 Å². The number of piperazine rings is 1. The van der Waals surface area contributed by atoms with E-state index in [4.69, 9.17) is 12.2 Å². The predicted molar refractivity (Wildman–Crippen MR) is 79.3 cm³/mol. The zero-order valence-electron chi connectivity index (χ0n) is 11.7. The van der Waals surface area contributed by atoms with Crippen LogP contribution in [0.5, 0.6) is 0 Å². The second-order valence-electron chi connectivity index (χ2n) is 4.71. The zero-order valence-corrected chi connectivity index (χ0v) is 12.5. The molecule has 0 radical (unpaired) electrons. The van der Waals surface area contributed by atoms with Gasteiger partial charge in [-0.15, -0.1) is 0 Å². The lowest BCUT2D eigenvalue weighted by Gasteiger charge is -2.36. The Kier molecular flexibility index (Phi) is 4.87. The van der Waals surface area contributed by atoms with Crippen molar-refractivity contribution in [2.45, 2.75) is 13.1 Å². The van der Waals surface area contributed by atoms with E-state index in [0.29, 0.717) is 18.9 Å². The summed E-state index contributed by atoms with van der Waals surface area (Å²) in [4.78, 5) is 7.93. The molecule has 0 atom stereocenters. The smallest absolute Gasteiger partial charge is 0.363 e. The molecule has 1 N–H and O–H groups in total. The molecule has 1 aromatic heterocycles. The molecule has 2 rings (SSSR count). The van der Waals surface area contributed by atoms with Gasteiger partial charge in [-0.2, -0.15) is 13.2 Å². The highest BCUT2D eigenvalue weighted by molar-refractivity contribution is 7.80. The monoisotopic (exact) mass is 318 g/mol. The molecule has 0 saturated carbocycles. The van der Waals surface area contributed by atoms with Gasteiger partial charge in [0, 0.05) is 38.9 Å². The Hall–Kier alpha value is -1.57. The van der Waals surface area contributed by atoms with E-state index in [2.05, 4.69) is 15.2 Å². The number of anilines is 1. The van der Waals surface area contributed by atoms with Gasteiger partial charge in [0.2, 0.25) is 0 Å². The summed E-state index contributed by atoms with van der Waals surface area (Å²) in [5.74, 6) is 0.567. The SMILES string of the molecule is CCNC(=S)N1CCN(c2ccc(C(F)(F)F)cn2)CC1. The van der Waals surface area contributed by atoms with E-state index in [9.17, 15) is 13.2 Å². The highest BCUT2D eigenvalue weighted by Gasteiger charge is 2.31. The van der Waals surface area contributed by atoms with Gasteiger partial charge in [0.15, 0.2) is 5.11 Å². The van der Waals surface area contributed by atoms with Crippen molar-refractivity contribution in [1.29, 1.82) is 0 Å². The predicted octanol–water partition coefficient (Wildman–Crippen LogP) is 2.12. The van der Waals surface area contributed by atoms with Crippen LogP contribution in [-0.2, 0) is 6.18 Å². The summed E-state index contributed by atoms with van der Waals surface area (Å²) in [7, 11) is 0. The van der Waals surface area contributed by atoms with E-state index < -0.39 is 11.7 Å². The van der Waals surface area contributed by atoms with E-state index >= 15 is 0 Å². The molecule has 0 aliphatic carbocycles. The maximum absolute atomic E-state index is 12.5. The third-order valence-electron chi connectivity index (χ3n) is 3.29. The van der Waals surface area contributed by atoms with Crippen LogP contribution in [0.2, 0.25) is 0 Å². The molecule has 21 heavy (non-hydrogen) atoms. The van der Waals surface area contributed by atoms with Gasteiger partial charge in [-0.1, -0.05) is 0 Å². The summed E-state index contributed by atoms with van der Waals surface area (Å²) in [5, 5.41) is 3.81.